The molecule has 5 heteroatoms. The van der Waals surface area contributed by atoms with Crippen LogP contribution in [-0.2, 0) is 4.74 Å². The van der Waals surface area contributed by atoms with E-state index in [0.29, 0.717) is 26.4 Å². The zero-order chi connectivity index (χ0) is 14.2. The summed E-state index contributed by atoms with van der Waals surface area (Å²) in [4.78, 5) is 2.18. The number of ether oxygens (including phenoxy) is 3. The van der Waals surface area contributed by atoms with Gasteiger partial charge in [-0.2, -0.15) is 5.26 Å². The number of benzene rings is 1. The molecule has 0 bridgehead atoms. The van der Waals surface area contributed by atoms with Crippen LogP contribution in [0.15, 0.2) is 24.3 Å². The van der Waals surface area contributed by atoms with Crippen molar-refractivity contribution in [2.45, 2.75) is 13.0 Å². The van der Waals surface area contributed by atoms with Gasteiger partial charge in [-0.3, -0.25) is 4.90 Å². The molecule has 0 spiro atoms. The zero-order valence-electron chi connectivity index (χ0n) is 11.7. The highest BCUT2D eigenvalue weighted by Crippen LogP contribution is 2.26. The first-order valence-electron chi connectivity index (χ1n) is 6.91. The Morgan fingerprint density at radius 1 is 1.35 bits per heavy atom. The molecule has 20 heavy (non-hydrogen) atoms. The average Bonchev–Trinajstić information content (AvgIpc) is 2.49. The first-order chi connectivity index (χ1) is 9.83. The fourth-order valence-corrected chi connectivity index (χ4v) is 2.11. The second-order valence-electron chi connectivity index (χ2n) is 4.52. The van der Waals surface area contributed by atoms with E-state index in [9.17, 15) is 0 Å². The maximum Gasteiger partial charge on any atom is 0.161 e. The molecule has 0 amide bonds. The van der Waals surface area contributed by atoms with Crippen molar-refractivity contribution in [3.8, 4) is 17.6 Å². The van der Waals surface area contributed by atoms with Gasteiger partial charge in [-0.25, -0.2) is 0 Å². The summed E-state index contributed by atoms with van der Waals surface area (Å²) in [5, 5.41) is 8.86. The predicted octanol–water partition coefficient (Wildman–Crippen LogP) is 1.69. The molecule has 1 atom stereocenters. The Kier molecular flexibility index (Phi) is 5.66. The van der Waals surface area contributed by atoms with E-state index in [1.54, 1.807) is 0 Å². The summed E-state index contributed by atoms with van der Waals surface area (Å²) in [5.41, 5.74) is 0. The molecule has 108 valence electrons. The fourth-order valence-electron chi connectivity index (χ4n) is 2.11. The second kappa shape index (κ2) is 7.73. The van der Waals surface area contributed by atoms with Gasteiger partial charge in [0.2, 0.25) is 0 Å². The Labute approximate surface area is 119 Å². The maximum atomic E-state index is 8.86. The molecular weight excluding hydrogens is 256 g/mol. The van der Waals surface area contributed by atoms with E-state index in [0.717, 1.165) is 24.6 Å². The van der Waals surface area contributed by atoms with E-state index in [4.69, 9.17) is 19.5 Å². The smallest absolute Gasteiger partial charge is 0.161 e. The van der Waals surface area contributed by atoms with Crippen molar-refractivity contribution in [2.75, 3.05) is 39.5 Å². The molecule has 1 aliphatic rings. The van der Waals surface area contributed by atoms with E-state index >= 15 is 0 Å². The van der Waals surface area contributed by atoms with Crippen LogP contribution in [0, 0.1) is 11.3 Å². The molecule has 5 nitrogen and oxygen atoms in total. The van der Waals surface area contributed by atoms with Crippen molar-refractivity contribution in [2.24, 2.45) is 0 Å². The van der Waals surface area contributed by atoms with E-state index in [1.165, 1.54) is 0 Å². The normalized spacial score (nSPS) is 19.3. The fraction of sp³-hybridized carbons (Fsp3) is 0.533. The van der Waals surface area contributed by atoms with Crippen LogP contribution in [0.4, 0.5) is 0 Å². The molecule has 0 N–H and O–H groups in total. The van der Waals surface area contributed by atoms with Gasteiger partial charge in [-0.15, -0.1) is 0 Å². The molecule has 0 aromatic heterocycles. The van der Waals surface area contributed by atoms with Crippen molar-refractivity contribution >= 4 is 0 Å². The van der Waals surface area contributed by atoms with Crippen LogP contribution in [0.1, 0.15) is 6.92 Å². The number of para-hydroxylation sites is 2. The number of nitrogens with zero attached hydrogens (tertiary/aromatic N) is 2. The van der Waals surface area contributed by atoms with E-state index in [2.05, 4.69) is 11.0 Å². The molecule has 1 aliphatic heterocycles. The Morgan fingerprint density at radius 2 is 2.10 bits per heavy atom. The summed E-state index contributed by atoms with van der Waals surface area (Å²) < 4.78 is 16.6. The molecule has 1 aromatic carbocycles. The number of hydrogen-bond acceptors (Lipinski definition) is 5. The average molecular weight is 276 g/mol. The topological polar surface area (TPSA) is 54.7 Å². The third kappa shape index (κ3) is 4.12. The van der Waals surface area contributed by atoms with Crippen LogP contribution in [0.25, 0.3) is 0 Å². The van der Waals surface area contributed by atoms with Crippen molar-refractivity contribution in [3.63, 3.8) is 0 Å². The number of nitriles is 1. The van der Waals surface area contributed by atoms with Crippen molar-refractivity contribution in [3.05, 3.63) is 24.3 Å². The minimum atomic E-state index is -0.320. The van der Waals surface area contributed by atoms with Gasteiger partial charge in [0.1, 0.15) is 6.61 Å². The number of morpholine rings is 1. The van der Waals surface area contributed by atoms with Crippen LogP contribution >= 0.6 is 0 Å². The van der Waals surface area contributed by atoms with E-state index in [-0.39, 0.29) is 6.10 Å². The van der Waals surface area contributed by atoms with Gasteiger partial charge in [0, 0.05) is 19.6 Å². The van der Waals surface area contributed by atoms with Crippen LogP contribution in [0.2, 0.25) is 0 Å². The molecule has 1 heterocycles. The van der Waals surface area contributed by atoms with Gasteiger partial charge in [0.25, 0.3) is 0 Å². The number of hydrogen-bond donors (Lipinski definition) is 0. The van der Waals surface area contributed by atoms with Gasteiger partial charge in [0.05, 0.1) is 19.3 Å². The minimum absolute atomic E-state index is 0.320. The first kappa shape index (κ1) is 14.6. The summed E-state index contributed by atoms with van der Waals surface area (Å²) in [6.45, 7) is 6.01. The highest BCUT2D eigenvalue weighted by molar-refractivity contribution is 5.39. The quantitative estimate of drug-likeness (QED) is 0.791. The molecule has 1 fully saturated rings. The summed E-state index contributed by atoms with van der Waals surface area (Å²) in [7, 11) is 0. The Hall–Kier alpha value is -1.77. The lowest BCUT2D eigenvalue weighted by Crippen LogP contribution is -2.43. The molecule has 2 rings (SSSR count). The standard InChI is InChI=1S/C15H20N2O3/c1-2-18-14-5-3-4-6-15(14)20-10-8-17-7-9-19-13(11-16)12-17/h3-6,13H,2,7-10,12H2,1H3. The van der Waals surface area contributed by atoms with Crippen LogP contribution in [0.5, 0.6) is 11.5 Å². The molecule has 1 aromatic rings. The van der Waals surface area contributed by atoms with Crippen molar-refractivity contribution in [1.29, 1.82) is 5.26 Å². The van der Waals surface area contributed by atoms with Gasteiger partial charge in [-0.05, 0) is 19.1 Å². The SMILES string of the molecule is CCOc1ccccc1OCCN1CCOC(C#N)C1. The van der Waals surface area contributed by atoms with Gasteiger partial charge in [-0.1, -0.05) is 12.1 Å². The van der Waals surface area contributed by atoms with Crippen LogP contribution < -0.4 is 9.47 Å². The first-order valence-corrected chi connectivity index (χ1v) is 6.91. The predicted molar refractivity (Wildman–Crippen MR) is 74.9 cm³/mol. The van der Waals surface area contributed by atoms with Gasteiger partial charge >= 0.3 is 0 Å². The molecule has 1 saturated heterocycles. The molecule has 0 saturated carbocycles. The zero-order valence-corrected chi connectivity index (χ0v) is 11.7. The summed E-state index contributed by atoms with van der Waals surface area (Å²) in [6.07, 6.45) is -0.320. The van der Waals surface area contributed by atoms with Gasteiger partial charge in [0.15, 0.2) is 17.6 Å². The van der Waals surface area contributed by atoms with E-state index in [1.807, 2.05) is 31.2 Å². The second-order valence-corrected chi connectivity index (χ2v) is 4.52. The Balaban J connectivity index is 1.79. The van der Waals surface area contributed by atoms with E-state index < -0.39 is 0 Å². The Morgan fingerprint density at radius 3 is 2.80 bits per heavy atom. The largest absolute Gasteiger partial charge is 0.490 e. The molecule has 0 radical (unpaired) electrons. The summed E-state index contributed by atoms with van der Waals surface area (Å²) in [6, 6.07) is 9.81. The third-order valence-electron chi connectivity index (χ3n) is 3.11. The minimum Gasteiger partial charge on any atom is -0.490 e. The lowest BCUT2D eigenvalue weighted by atomic mass is 10.3. The van der Waals surface area contributed by atoms with Crippen LogP contribution in [-0.4, -0.2) is 50.5 Å². The Bertz CT molecular complexity index is 459. The van der Waals surface area contributed by atoms with Crippen LogP contribution in [0.3, 0.4) is 0 Å². The molecule has 1 unspecified atom stereocenters. The lowest BCUT2D eigenvalue weighted by Gasteiger charge is -2.29. The van der Waals surface area contributed by atoms with Crippen molar-refractivity contribution in [1.82, 2.24) is 4.90 Å². The third-order valence-corrected chi connectivity index (χ3v) is 3.11. The summed E-state index contributed by atoms with van der Waals surface area (Å²) in [5.74, 6) is 1.53. The highest BCUT2D eigenvalue weighted by Gasteiger charge is 2.19. The molecular formula is C15H20N2O3. The molecule has 0 aliphatic carbocycles. The van der Waals surface area contributed by atoms with Gasteiger partial charge < -0.3 is 14.2 Å². The monoisotopic (exact) mass is 276 g/mol. The highest BCUT2D eigenvalue weighted by atomic mass is 16.5. The van der Waals surface area contributed by atoms with Crippen molar-refractivity contribution < 1.29 is 14.2 Å². The summed E-state index contributed by atoms with van der Waals surface area (Å²) >= 11 is 0. The maximum absolute atomic E-state index is 8.86. The number of rotatable bonds is 6. The lowest BCUT2D eigenvalue weighted by molar-refractivity contribution is -0.00344.